The van der Waals surface area contributed by atoms with Gasteiger partial charge in [0.05, 0.1) is 6.85 Å². The van der Waals surface area contributed by atoms with Gasteiger partial charge in [0.2, 0.25) is 0 Å². The molecule has 4 heteroatoms. The molecule has 2 heterocycles. The van der Waals surface area contributed by atoms with E-state index in [4.69, 9.17) is 21.8 Å². The fourth-order valence-corrected chi connectivity index (χ4v) is 7.97. The van der Waals surface area contributed by atoms with Crippen LogP contribution in [0.5, 0.6) is 0 Å². The maximum Gasteiger partial charge on any atom is 0.164 e. The Morgan fingerprint density at radius 2 is 1.17 bits per heavy atom. The van der Waals surface area contributed by atoms with Crippen molar-refractivity contribution in [3.63, 3.8) is 0 Å². The Morgan fingerprint density at radius 1 is 0.522 bits per heavy atom. The fraction of sp³-hybridized carbons (Fsp3) is 0.0714. The summed E-state index contributed by atoms with van der Waals surface area (Å²) >= 11 is 1.53. The lowest BCUT2D eigenvalue weighted by Crippen LogP contribution is -2.15. The minimum absolute atomic E-state index is 0.166. The zero-order valence-corrected chi connectivity index (χ0v) is 26.0. The van der Waals surface area contributed by atoms with E-state index in [1.165, 1.54) is 33.6 Å². The molecular weight excluding hydrogens is 579 g/mol. The smallest absolute Gasteiger partial charge is 0.164 e. The summed E-state index contributed by atoms with van der Waals surface area (Å²) in [6.07, 6.45) is 0. The summed E-state index contributed by atoms with van der Waals surface area (Å²) < 4.78 is 43.6. The lowest BCUT2D eigenvalue weighted by atomic mass is 9.82. The highest BCUT2D eigenvalue weighted by molar-refractivity contribution is 7.26. The molecule has 1 aliphatic carbocycles. The van der Waals surface area contributed by atoms with E-state index in [0.717, 1.165) is 36.9 Å². The van der Waals surface area contributed by atoms with Gasteiger partial charge >= 0.3 is 0 Å². The summed E-state index contributed by atoms with van der Waals surface area (Å²) in [5, 5.41) is 1.96. The largest absolute Gasteiger partial charge is 0.208 e. The van der Waals surface area contributed by atoms with Gasteiger partial charge in [0.15, 0.2) is 17.5 Å². The van der Waals surface area contributed by atoms with Crippen LogP contribution in [0.2, 0.25) is 0 Å². The molecule has 0 unspecified atom stereocenters. The molecule has 0 aliphatic heterocycles. The summed E-state index contributed by atoms with van der Waals surface area (Å²) in [4.78, 5) is 15.1. The lowest BCUT2D eigenvalue weighted by Gasteiger charge is -2.21. The van der Waals surface area contributed by atoms with Crippen LogP contribution in [0.4, 0.5) is 0 Å². The fourth-order valence-electron chi connectivity index (χ4n) is 6.71. The molecule has 3 nitrogen and oxygen atoms in total. The van der Waals surface area contributed by atoms with Crippen LogP contribution in [-0.2, 0) is 5.41 Å². The first-order valence-corrected chi connectivity index (χ1v) is 16.0. The molecular formula is C42H29N3S. The zero-order chi connectivity index (χ0) is 35.2. The Morgan fingerprint density at radius 3 is 1.98 bits per heavy atom. The molecule has 6 aromatic carbocycles. The third-order valence-electron chi connectivity index (χ3n) is 9.04. The average molecular weight is 613 g/mol. The number of thiophene rings is 1. The summed E-state index contributed by atoms with van der Waals surface area (Å²) in [5.74, 6) is 1.72. The van der Waals surface area contributed by atoms with Crippen molar-refractivity contribution < 1.29 is 6.85 Å². The number of aromatic nitrogens is 3. The van der Waals surface area contributed by atoms with Gasteiger partial charge in [-0.2, -0.15) is 0 Å². The van der Waals surface area contributed by atoms with Crippen LogP contribution < -0.4 is 0 Å². The van der Waals surface area contributed by atoms with Crippen LogP contribution in [0.1, 0.15) is 31.8 Å². The predicted molar refractivity (Wildman–Crippen MR) is 192 cm³/mol. The Balaban J connectivity index is 1.21. The van der Waals surface area contributed by atoms with Crippen molar-refractivity contribution in [2.45, 2.75) is 19.3 Å². The van der Waals surface area contributed by atoms with Crippen molar-refractivity contribution >= 4 is 31.5 Å². The van der Waals surface area contributed by atoms with Crippen molar-refractivity contribution in [2.24, 2.45) is 0 Å². The quantitative estimate of drug-likeness (QED) is 0.198. The second-order valence-corrected chi connectivity index (χ2v) is 13.2. The van der Waals surface area contributed by atoms with Gasteiger partial charge in [0, 0.05) is 42.3 Å². The van der Waals surface area contributed by atoms with Gasteiger partial charge in [0.1, 0.15) is 0 Å². The maximum absolute atomic E-state index is 8.62. The van der Waals surface area contributed by atoms with E-state index in [-0.39, 0.29) is 35.1 Å². The molecule has 1 aliphatic rings. The number of rotatable bonds is 4. The SMILES string of the molecule is [2H]c1c([2H])c([2H])c(-c2cccc3c2sc2cc(-c4nc(-c5ccccc5)nc(-c5ccc6c(c5)C(C)(C)c5ccccc5-6)n4)ccc23)c([2H])c1[2H]. The highest BCUT2D eigenvalue weighted by Crippen LogP contribution is 2.49. The molecule has 9 rings (SSSR count). The molecule has 218 valence electrons. The number of benzene rings is 6. The molecule has 0 spiro atoms. The van der Waals surface area contributed by atoms with Crippen LogP contribution in [0.15, 0.2) is 139 Å². The van der Waals surface area contributed by atoms with Gasteiger partial charge in [0.25, 0.3) is 0 Å². The van der Waals surface area contributed by atoms with Crippen LogP contribution >= 0.6 is 11.3 Å². The first-order chi connectivity index (χ1) is 24.6. The number of fused-ring (bicyclic) bond motifs is 6. The van der Waals surface area contributed by atoms with Crippen molar-refractivity contribution in [3.8, 4) is 56.4 Å². The van der Waals surface area contributed by atoms with E-state index in [0.29, 0.717) is 23.0 Å². The van der Waals surface area contributed by atoms with Gasteiger partial charge in [-0.15, -0.1) is 11.3 Å². The molecule has 0 radical (unpaired) electrons. The van der Waals surface area contributed by atoms with Crippen LogP contribution in [-0.4, -0.2) is 15.0 Å². The van der Waals surface area contributed by atoms with E-state index in [2.05, 4.69) is 68.4 Å². The molecule has 0 atom stereocenters. The van der Waals surface area contributed by atoms with E-state index in [9.17, 15) is 0 Å². The summed E-state index contributed by atoms with van der Waals surface area (Å²) in [7, 11) is 0. The van der Waals surface area contributed by atoms with Gasteiger partial charge in [-0.3, -0.25) is 0 Å². The van der Waals surface area contributed by atoms with Crippen LogP contribution in [0.3, 0.4) is 0 Å². The topological polar surface area (TPSA) is 38.7 Å². The van der Waals surface area contributed by atoms with Crippen molar-refractivity contribution in [1.29, 1.82) is 0 Å². The molecule has 0 saturated heterocycles. The maximum atomic E-state index is 8.62. The summed E-state index contributed by atoms with van der Waals surface area (Å²) in [6, 6.07) is 35.3. The van der Waals surface area contributed by atoms with E-state index < -0.39 is 6.04 Å². The Labute approximate surface area is 278 Å². The Hall–Kier alpha value is -5.45. The molecule has 0 N–H and O–H groups in total. The molecule has 0 amide bonds. The van der Waals surface area contributed by atoms with E-state index in [1.54, 1.807) is 0 Å². The average Bonchev–Trinajstić information content (AvgIpc) is 3.65. The van der Waals surface area contributed by atoms with Gasteiger partial charge in [-0.1, -0.05) is 141 Å². The third kappa shape index (κ3) is 4.22. The van der Waals surface area contributed by atoms with Crippen LogP contribution in [0.25, 0.3) is 76.6 Å². The second-order valence-electron chi connectivity index (χ2n) is 12.1. The molecule has 8 aromatic rings. The van der Waals surface area contributed by atoms with Crippen molar-refractivity contribution in [1.82, 2.24) is 15.0 Å². The number of nitrogens with zero attached hydrogens (tertiary/aromatic N) is 3. The summed E-state index contributed by atoms with van der Waals surface area (Å²) in [5.41, 5.74) is 8.33. The standard InChI is InChI=1S/C42H29N3S/c1-42(2)35-19-10-9-16-31(35)32-22-20-28(24-36(32)42)40-43-39(27-14-7-4-8-15-27)44-41(45-40)29-21-23-33-34-18-11-17-30(26-12-5-3-6-13-26)38(34)46-37(33)25-29/h3-25H,1-2H3/i3D,5D,6D,12D,13D. The molecule has 0 bridgehead atoms. The normalized spacial score (nSPS) is 14.7. The Bertz CT molecular complexity index is 2710. The predicted octanol–water partition coefficient (Wildman–Crippen LogP) is 11.2. The van der Waals surface area contributed by atoms with E-state index in [1.807, 2.05) is 54.6 Å². The van der Waals surface area contributed by atoms with Crippen molar-refractivity contribution in [2.75, 3.05) is 0 Å². The minimum atomic E-state index is -0.401. The molecule has 46 heavy (non-hydrogen) atoms. The molecule has 0 saturated carbocycles. The number of hydrogen-bond acceptors (Lipinski definition) is 4. The van der Waals surface area contributed by atoms with Crippen LogP contribution in [0, 0.1) is 0 Å². The minimum Gasteiger partial charge on any atom is -0.208 e. The van der Waals surface area contributed by atoms with Gasteiger partial charge in [-0.05, 0) is 45.5 Å². The van der Waals surface area contributed by atoms with E-state index >= 15 is 0 Å². The van der Waals surface area contributed by atoms with Crippen molar-refractivity contribution in [3.05, 3.63) is 151 Å². The molecule has 2 aromatic heterocycles. The summed E-state index contributed by atoms with van der Waals surface area (Å²) in [6.45, 7) is 4.53. The third-order valence-corrected chi connectivity index (χ3v) is 10.2. The molecule has 0 fully saturated rings. The first-order valence-electron chi connectivity index (χ1n) is 17.7. The number of hydrogen-bond donors (Lipinski definition) is 0. The monoisotopic (exact) mass is 612 g/mol. The van der Waals surface area contributed by atoms with Gasteiger partial charge < -0.3 is 0 Å². The lowest BCUT2D eigenvalue weighted by molar-refractivity contribution is 0.660. The zero-order valence-electron chi connectivity index (χ0n) is 30.1. The second kappa shape index (κ2) is 10.3. The highest BCUT2D eigenvalue weighted by Gasteiger charge is 2.35. The Kier molecular flexibility index (Phi) is 4.95. The highest BCUT2D eigenvalue weighted by atomic mass is 32.1. The van der Waals surface area contributed by atoms with Gasteiger partial charge in [-0.25, -0.2) is 15.0 Å². The first kappa shape index (κ1) is 22.1.